The zero-order valence-corrected chi connectivity index (χ0v) is 20.2. The maximum atomic E-state index is 13.0. The minimum absolute atomic E-state index is 0.171. The second-order valence-corrected chi connectivity index (χ2v) is 7.58. The molecule has 15 heteroatoms. The molecule has 0 bridgehead atoms. The Bertz CT molecular complexity index is 1290. The summed E-state index contributed by atoms with van der Waals surface area (Å²) < 4.78 is 40.8. The molecular weight excluding hydrogens is 489 g/mol. The van der Waals surface area contributed by atoms with E-state index < -0.39 is 35.4 Å². The second-order valence-electron chi connectivity index (χ2n) is 7.58. The number of piperazine rings is 1. The van der Waals surface area contributed by atoms with Crippen LogP contribution in [0.2, 0.25) is 0 Å². The topological polar surface area (TPSA) is 141 Å². The number of carboxylic acids is 1. The number of anilines is 1. The molecule has 2 aromatic heterocycles. The maximum Gasteiger partial charge on any atom is 0.490 e. The van der Waals surface area contributed by atoms with Gasteiger partial charge in [-0.05, 0) is 20.8 Å². The van der Waals surface area contributed by atoms with E-state index >= 15 is 0 Å². The van der Waals surface area contributed by atoms with Crippen LogP contribution in [0.1, 0.15) is 26.8 Å². The highest BCUT2D eigenvalue weighted by molar-refractivity contribution is 5.79. The average Bonchev–Trinajstić information content (AvgIpc) is 3.20. The number of nitrogens with one attached hydrogen (secondary N) is 1. The van der Waals surface area contributed by atoms with E-state index in [1.807, 2.05) is 0 Å². The number of hydrogen-bond acceptors (Lipinski definition) is 8. The number of nitrogens with zero attached hydrogens (tertiary/aromatic N) is 5. The van der Waals surface area contributed by atoms with Crippen LogP contribution in [0.25, 0.3) is 11.2 Å². The molecule has 0 aromatic carbocycles. The SMILES string of the molecule is CC#CCn1c(N2CCNCC2)nc2c1c(=O)n(C)c(=O)n2C(C)C(=O)OCC.O=C(O)C(F)(F)F. The number of fused-ring (bicyclic) bond motifs is 1. The number of carbonyl (C=O) groups is 2. The zero-order valence-electron chi connectivity index (χ0n) is 20.2. The van der Waals surface area contributed by atoms with E-state index in [1.54, 1.807) is 25.3 Å². The van der Waals surface area contributed by atoms with Crippen molar-refractivity contribution < 1.29 is 32.6 Å². The summed E-state index contributed by atoms with van der Waals surface area (Å²) in [7, 11) is 1.39. The van der Waals surface area contributed by atoms with Gasteiger partial charge in [-0.2, -0.15) is 18.2 Å². The second kappa shape index (κ2) is 11.8. The first kappa shape index (κ1) is 28.4. The van der Waals surface area contributed by atoms with E-state index in [9.17, 15) is 27.6 Å². The van der Waals surface area contributed by atoms with Gasteiger partial charge in [0.1, 0.15) is 6.04 Å². The van der Waals surface area contributed by atoms with Crippen LogP contribution in [0.4, 0.5) is 19.1 Å². The molecule has 2 N–H and O–H groups in total. The van der Waals surface area contributed by atoms with E-state index in [0.717, 1.165) is 17.7 Å². The van der Waals surface area contributed by atoms with Crippen LogP contribution in [-0.4, -0.2) is 74.7 Å². The number of aromatic nitrogens is 4. The number of carboxylic acid groups (broad SMARTS) is 1. The van der Waals surface area contributed by atoms with Gasteiger partial charge in [-0.3, -0.25) is 18.5 Å². The molecule has 198 valence electrons. The number of carbonyl (C=O) groups excluding carboxylic acids is 1. The summed E-state index contributed by atoms with van der Waals surface area (Å²) in [5.41, 5.74) is -0.658. The number of ether oxygens (including phenoxy) is 1. The quantitative estimate of drug-likeness (QED) is 0.418. The Morgan fingerprint density at radius 3 is 2.33 bits per heavy atom. The molecule has 0 saturated carbocycles. The lowest BCUT2D eigenvalue weighted by molar-refractivity contribution is -0.192. The van der Waals surface area contributed by atoms with E-state index in [0.29, 0.717) is 19.0 Å². The first-order valence-electron chi connectivity index (χ1n) is 10.9. The van der Waals surface area contributed by atoms with Crippen molar-refractivity contribution in [1.29, 1.82) is 0 Å². The van der Waals surface area contributed by atoms with Gasteiger partial charge in [-0.1, -0.05) is 5.92 Å². The van der Waals surface area contributed by atoms with Crippen LogP contribution >= 0.6 is 0 Å². The normalized spacial score (nSPS) is 14.4. The molecule has 0 aliphatic carbocycles. The summed E-state index contributed by atoms with van der Waals surface area (Å²) in [5.74, 6) is 3.07. The number of aliphatic carboxylic acids is 1. The molecule has 12 nitrogen and oxygen atoms in total. The molecule has 1 saturated heterocycles. The van der Waals surface area contributed by atoms with Crippen molar-refractivity contribution in [2.75, 3.05) is 37.7 Å². The van der Waals surface area contributed by atoms with Crippen molar-refractivity contribution >= 4 is 29.1 Å². The molecule has 3 heterocycles. The third-order valence-corrected chi connectivity index (χ3v) is 5.23. The summed E-state index contributed by atoms with van der Waals surface area (Å²) in [6.45, 7) is 8.43. The van der Waals surface area contributed by atoms with Crippen molar-refractivity contribution in [2.45, 2.75) is 39.5 Å². The lowest BCUT2D eigenvalue weighted by atomic mass is 10.3. The third-order valence-electron chi connectivity index (χ3n) is 5.23. The highest BCUT2D eigenvalue weighted by Gasteiger charge is 2.38. The van der Waals surface area contributed by atoms with Crippen LogP contribution in [0.3, 0.4) is 0 Å². The van der Waals surface area contributed by atoms with Crippen LogP contribution in [-0.2, 0) is 27.9 Å². The van der Waals surface area contributed by atoms with Crippen molar-refractivity contribution in [3.05, 3.63) is 20.8 Å². The van der Waals surface area contributed by atoms with Crippen LogP contribution in [0, 0.1) is 11.8 Å². The molecule has 1 aliphatic rings. The van der Waals surface area contributed by atoms with Gasteiger partial charge in [0, 0.05) is 33.2 Å². The Labute approximate surface area is 203 Å². The summed E-state index contributed by atoms with van der Waals surface area (Å²) in [4.78, 5) is 53.8. The van der Waals surface area contributed by atoms with Crippen molar-refractivity contribution in [3.63, 3.8) is 0 Å². The number of esters is 1. The van der Waals surface area contributed by atoms with E-state index in [2.05, 4.69) is 27.0 Å². The Morgan fingerprint density at radius 2 is 1.83 bits per heavy atom. The lowest BCUT2D eigenvalue weighted by Gasteiger charge is -2.28. The minimum Gasteiger partial charge on any atom is -0.475 e. The predicted molar refractivity (Wildman–Crippen MR) is 123 cm³/mol. The summed E-state index contributed by atoms with van der Waals surface area (Å²) in [5, 5.41) is 10.4. The number of imidazole rings is 1. The maximum absolute atomic E-state index is 13.0. The first-order chi connectivity index (χ1) is 16.9. The fourth-order valence-corrected chi connectivity index (χ4v) is 3.44. The summed E-state index contributed by atoms with van der Waals surface area (Å²) >= 11 is 0. The molecule has 0 radical (unpaired) electrons. The van der Waals surface area contributed by atoms with Gasteiger partial charge in [-0.15, -0.1) is 5.92 Å². The molecule has 1 aliphatic heterocycles. The zero-order chi connectivity index (χ0) is 27.2. The Kier molecular flexibility index (Phi) is 9.29. The molecule has 0 spiro atoms. The van der Waals surface area contributed by atoms with Crippen LogP contribution < -0.4 is 21.5 Å². The predicted octanol–water partition coefficient (Wildman–Crippen LogP) is 0.0870. The molecule has 36 heavy (non-hydrogen) atoms. The van der Waals surface area contributed by atoms with Crippen molar-refractivity contribution in [3.8, 4) is 11.8 Å². The highest BCUT2D eigenvalue weighted by atomic mass is 19.4. The monoisotopic (exact) mass is 516 g/mol. The minimum atomic E-state index is -5.08. The third kappa shape index (κ3) is 6.06. The molecule has 1 atom stereocenters. The average molecular weight is 516 g/mol. The molecular formula is C21H27F3N6O6. The fourth-order valence-electron chi connectivity index (χ4n) is 3.44. The summed E-state index contributed by atoms with van der Waals surface area (Å²) in [6, 6.07) is -0.923. The van der Waals surface area contributed by atoms with Gasteiger partial charge in [0.05, 0.1) is 13.2 Å². The van der Waals surface area contributed by atoms with Gasteiger partial charge in [0.25, 0.3) is 5.56 Å². The van der Waals surface area contributed by atoms with Crippen molar-refractivity contribution in [1.82, 2.24) is 24.0 Å². The van der Waals surface area contributed by atoms with Crippen LogP contribution in [0.5, 0.6) is 0 Å². The largest absolute Gasteiger partial charge is 0.490 e. The number of rotatable bonds is 5. The Hall–Kier alpha value is -3.80. The number of hydrogen-bond donors (Lipinski definition) is 2. The Morgan fingerprint density at radius 1 is 1.25 bits per heavy atom. The van der Waals surface area contributed by atoms with Gasteiger partial charge in [0.2, 0.25) is 5.95 Å². The van der Waals surface area contributed by atoms with Gasteiger partial charge < -0.3 is 20.1 Å². The van der Waals surface area contributed by atoms with Gasteiger partial charge >= 0.3 is 23.8 Å². The molecule has 0 amide bonds. The van der Waals surface area contributed by atoms with Gasteiger partial charge in [-0.25, -0.2) is 14.4 Å². The van der Waals surface area contributed by atoms with E-state index in [4.69, 9.17) is 14.6 Å². The van der Waals surface area contributed by atoms with E-state index in [-0.39, 0.29) is 24.3 Å². The standard InChI is InChI=1S/C19H26N6O4.C2HF3O2/c1-5-7-10-24-14-15(21-18(24)23-11-8-20-9-12-23)25(13(3)17(27)29-6-2)19(28)22(4)16(14)26;3-2(4,5)1(6)7/h13,20H,6,8-12H2,1-4H3;(H,6,7). The lowest BCUT2D eigenvalue weighted by Crippen LogP contribution is -2.44. The van der Waals surface area contributed by atoms with E-state index in [1.165, 1.54) is 11.6 Å². The molecule has 1 unspecified atom stereocenters. The smallest absolute Gasteiger partial charge is 0.475 e. The highest BCUT2D eigenvalue weighted by Crippen LogP contribution is 2.22. The number of halogens is 3. The molecule has 1 fully saturated rings. The van der Waals surface area contributed by atoms with Crippen LogP contribution in [0.15, 0.2) is 9.59 Å². The first-order valence-corrected chi connectivity index (χ1v) is 10.9. The number of alkyl halides is 3. The fraction of sp³-hybridized carbons (Fsp3) is 0.571. The molecule has 2 aromatic rings. The van der Waals surface area contributed by atoms with Crippen molar-refractivity contribution in [2.24, 2.45) is 7.05 Å². The Balaban J connectivity index is 0.000000572. The van der Waals surface area contributed by atoms with Gasteiger partial charge in [0.15, 0.2) is 11.2 Å². The summed E-state index contributed by atoms with van der Waals surface area (Å²) in [6.07, 6.45) is -5.08. The molecule has 3 rings (SSSR count).